The van der Waals surface area contributed by atoms with Gasteiger partial charge in [0, 0.05) is 5.92 Å². The van der Waals surface area contributed by atoms with Gasteiger partial charge < -0.3 is 4.74 Å². The molecular formula is C22H36O. The van der Waals surface area contributed by atoms with E-state index in [2.05, 4.69) is 40.3 Å². The lowest BCUT2D eigenvalue weighted by Crippen LogP contribution is -2.57. The summed E-state index contributed by atoms with van der Waals surface area (Å²) in [5.41, 5.74) is 2.81. The van der Waals surface area contributed by atoms with Crippen LogP contribution in [0.2, 0.25) is 0 Å². The van der Waals surface area contributed by atoms with E-state index in [1.165, 1.54) is 50.5 Å². The number of fused-ring (bicyclic) bond motifs is 3. The molecule has 0 unspecified atom stereocenters. The Balaban J connectivity index is 1.99. The predicted octanol–water partition coefficient (Wildman–Crippen LogP) is 6.36. The first-order valence-electron chi connectivity index (χ1n) is 9.63. The van der Waals surface area contributed by atoms with E-state index in [9.17, 15) is 0 Å². The van der Waals surface area contributed by atoms with Crippen molar-refractivity contribution >= 4 is 0 Å². The van der Waals surface area contributed by atoms with Gasteiger partial charge in [-0.15, -0.1) is 0 Å². The molecule has 23 heavy (non-hydrogen) atoms. The number of methoxy groups -OCH3 is 1. The summed E-state index contributed by atoms with van der Waals surface area (Å²) >= 11 is 0. The minimum absolute atomic E-state index is 0.364. The SMILES string of the molecule is C=C1CC[C@H]2[C@@](C)(CC[C@H]3C(C)(C)CCC[C@]23C)[C@@H]1/C=C/OC. The van der Waals surface area contributed by atoms with Crippen molar-refractivity contribution in [1.29, 1.82) is 0 Å². The fourth-order valence-electron chi connectivity index (χ4n) is 7.18. The van der Waals surface area contributed by atoms with Crippen molar-refractivity contribution < 1.29 is 4.74 Å². The number of hydrogen-bond donors (Lipinski definition) is 0. The summed E-state index contributed by atoms with van der Waals surface area (Å²) in [6.45, 7) is 14.7. The molecular weight excluding hydrogens is 280 g/mol. The van der Waals surface area contributed by atoms with Crippen LogP contribution in [0, 0.1) is 34.0 Å². The van der Waals surface area contributed by atoms with Gasteiger partial charge in [0.1, 0.15) is 0 Å². The van der Waals surface area contributed by atoms with Gasteiger partial charge in [0.05, 0.1) is 13.4 Å². The molecule has 0 spiro atoms. The monoisotopic (exact) mass is 316 g/mol. The molecule has 3 fully saturated rings. The lowest BCUT2D eigenvalue weighted by Gasteiger charge is -2.65. The molecule has 5 atom stereocenters. The summed E-state index contributed by atoms with van der Waals surface area (Å²) in [4.78, 5) is 0. The van der Waals surface area contributed by atoms with Gasteiger partial charge in [-0.1, -0.05) is 46.3 Å². The first kappa shape index (κ1) is 17.1. The third-order valence-electron chi connectivity index (χ3n) is 8.15. The Morgan fingerprint density at radius 2 is 1.74 bits per heavy atom. The average molecular weight is 317 g/mol. The van der Waals surface area contributed by atoms with Crippen LogP contribution in [-0.4, -0.2) is 7.11 Å². The molecule has 0 amide bonds. The van der Waals surface area contributed by atoms with Gasteiger partial charge >= 0.3 is 0 Å². The van der Waals surface area contributed by atoms with E-state index in [1.807, 2.05) is 6.26 Å². The summed E-state index contributed by atoms with van der Waals surface area (Å²) in [6, 6.07) is 0. The van der Waals surface area contributed by atoms with Crippen LogP contribution in [0.3, 0.4) is 0 Å². The molecule has 1 heteroatoms. The Bertz CT molecular complexity index is 502. The van der Waals surface area contributed by atoms with E-state index in [0.717, 1.165) is 11.8 Å². The third-order valence-corrected chi connectivity index (χ3v) is 8.15. The standard InChI is InChI=1S/C22H36O/c1-16-8-9-19-21(4,17(16)11-15-23-6)14-10-18-20(2,3)12-7-13-22(18,19)5/h11,15,17-19H,1,7-10,12-14H2,2-6H3/b15-11+/t17-,18+,19+,21+,22+/m1/s1. The molecule has 0 saturated heterocycles. The normalized spacial score (nSPS) is 46.3. The Morgan fingerprint density at radius 3 is 2.43 bits per heavy atom. The van der Waals surface area contributed by atoms with Crippen LogP contribution in [0.5, 0.6) is 0 Å². The van der Waals surface area contributed by atoms with E-state index in [4.69, 9.17) is 4.74 Å². The van der Waals surface area contributed by atoms with Crippen LogP contribution in [0.25, 0.3) is 0 Å². The molecule has 0 aromatic heterocycles. The second-order valence-electron chi connectivity index (χ2n) is 9.74. The van der Waals surface area contributed by atoms with Gasteiger partial charge in [0.15, 0.2) is 0 Å². The highest BCUT2D eigenvalue weighted by Gasteiger charge is 2.60. The fourth-order valence-corrected chi connectivity index (χ4v) is 7.18. The minimum Gasteiger partial charge on any atom is -0.505 e. The second-order valence-corrected chi connectivity index (χ2v) is 9.74. The molecule has 0 N–H and O–H groups in total. The number of allylic oxidation sites excluding steroid dienone is 2. The molecule has 0 aromatic rings. The van der Waals surface area contributed by atoms with Gasteiger partial charge in [-0.05, 0) is 72.7 Å². The van der Waals surface area contributed by atoms with Crippen LogP contribution >= 0.6 is 0 Å². The topological polar surface area (TPSA) is 9.23 Å². The first-order chi connectivity index (χ1) is 10.8. The number of rotatable bonds is 2. The van der Waals surface area contributed by atoms with Gasteiger partial charge in [-0.2, -0.15) is 0 Å². The molecule has 0 aliphatic heterocycles. The molecule has 1 nitrogen and oxygen atoms in total. The fraction of sp³-hybridized carbons (Fsp3) is 0.818. The molecule has 0 heterocycles. The summed E-state index contributed by atoms with van der Waals surface area (Å²) in [7, 11) is 1.75. The number of ether oxygens (including phenoxy) is 1. The molecule has 3 aliphatic rings. The smallest absolute Gasteiger partial charge is 0.0790 e. The molecule has 3 rings (SSSR count). The average Bonchev–Trinajstić information content (AvgIpc) is 2.45. The molecule has 3 saturated carbocycles. The van der Waals surface area contributed by atoms with Gasteiger partial charge in [-0.3, -0.25) is 0 Å². The Kier molecular flexibility index (Phi) is 4.22. The molecule has 3 aliphatic carbocycles. The van der Waals surface area contributed by atoms with E-state index in [-0.39, 0.29) is 0 Å². The predicted molar refractivity (Wildman–Crippen MR) is 98.1 cm³/mol. The highest BCUT2D eigenvalue weighted by atomic mass is 16.5. The first-order valence-corrected chi connectivity index (χ1v) is 9.63. The minimum atomic E-state index is 0.364. The van der Waals surface area contributed by atoms with Crippen molar-refractivity contribution in [3.63, 3.8) is 0 Å². The van der Waals surface area contributed by atoms with Crippen molar-refractivity contribution in [3.8, 4) is 0 Å². The zero-order chi connectivity index (χ0) is 16.9. The van der Waals surface area contributed by atoms with Crippen molar-refractivity contribution in [2.24, 2.45) is 34.0 Å². The maximum atomic E-state index is 5.26. The lowest BCUT2D eigenvalue weighted by atomic mass is 9.39. The zero-order valence-electron chi connectivity index (χ0n) is 16.0. The van der Waals surface area contributed by atoms with Gasteiger partial charge in [-0.25, -0.2) is 0 Å². The van der Waals surface area contributed by atoms with Crippen molar-refractivity contribution in [2.45, 2.75) is 72.6 Å². The van der Waals surface area contributed by atoms with Gasteiger partial charge in [0.25, 0.3) is 0 Å². The summed E-state index contributed by atoms with van der Waals surface area (Å²) in [5, 5.41) is 0. The number of hydrogen-bond acceptors (Lipinski definition) is 1. The highest BCUT2D eigenvalue weighted by molar-refractivity contribution is 5.22. The van der Waals surface area contributed by atoms with Crippen LogP contribution < -0.4 is 0 Å². The van der Waals surface area contributed by atoms with E-state index in [1.54, 1.807) is 7.11 Å². The lowest BCUT2D eigenvalue weighted by molar-refractivity contribution is -0.147. The van der Waals surface area contributed by atoms with Crippen molar-refractivity contribution in [2.75, 3.05) is 7.11 Å². The second kappa shape index (κ2) is 5.67. The van der Waals surface area contributed by atoms with Crippen molar-refractivity contribution in [3.05, 3.63) is 24.5 Å². The Hall–Kier alpha value is -0.720. The van der Waals surface area contributed by atoms with Crippen LogP contribution in [-0.2, 0) is 4.74 Å². The Labute approximate surface area is 143 Å². The van der Waals surface area contributed by atoms with E-state index >= 15 is 0 Å². The van der Waals surface area contributed by atoms with E-state index in [0.29, 0.717) is 22.2 Å². The third kappa shape index (κ3) is 2.50. The largest absolute Gasteiger partial charge is 0.505 e. The van der Waals surface area contributed by atoms with Crippen molar-refractivity contribution in [1.82, 2.24) is 0 Å². The summed E-state index contributed by atoms with van der Waals surface area (Å²) in [5.74, 6) is 2.20. The Morgan fingerprint density at radius 1 is 1.00 bits per heavy atom. The molecule has 130 valence electrons. The highest BCUT2D eigenvalue weighted by Crippen LogP contribution is 2.69. The molecule has 0 aromatic carbocycles. The maximum Gasteiger partial charge on any atom is 0.0790 e. The summed E-state index contributed by atoms with van der Waals surface area (Å²) < 4.78 is 5.26. The van der Waals surface area contributed by atoms with E-state index < -0.39 is 0 Å². The molecule has 0 radical (unpaired) electrons. The molecule has 0 bridgehead atoms. The van der Waals surface area contributed by atoms with Gasteiger partial charge in [0.2, 0.25) is 0 Å². The summed E-state index contributed by atoms with van der Waals surface area (Å²) in [6.07, 6.45) is 13.7. The van der Waals surface area contributed by atoms with Crippen LogP contribution in [0.4, 0.5) is 0 Å². The van der Waals surface area contributed by atoms with Crippen LogP contribution in [0.15, 0.2) is 24.5 Å². The quantitative estimate of drug-likeness (QED) is 0.425. The zero-order valence-corrected chi connectivity index (χ0v) is 16.0. The maximum absolute atomic E-state index is 5.26. The van der Waals surface area contributed by atoms with Crippen LogP contribution in [0.1, 0.15) is 72.6 Å².